The fraction of sp³-hybridized carbons (Fsp3) is 0.294. The average molecular weight is 495 g/mol. The van der Waals surface area contributed by atoms with Crippen LogP contribution >= 0.6 is 46.3 Å². The molecule has 3 rings (SSSR count). The molecule has 1 amide bonds. The molecule has 0 spiro atoms. The maximum atomic E-state index is 12.8. The third-order valence-corrected chi connectivity index (χ3v) is 8.69. The molecular weight excluding hydrogens is 479 g/mol. The molecule has 0 unspecified atom stereocenters. The summed E-state index contributed by atoms with van der Waals surface area (Å²) in [5, 5.41) is 4.43. The van der Waals surface area contributed by atoms with Gasteiger partial charge in [-0.2, -0.15) is 16.1 Å². The number of ether oxygens (including phenoxy) is 1. The molecule has 1 aromatic heterocycles. The Morgan fingerprint density at radius 3 is 2.62 bits per heavy atom. The Kier molecular flexibility index (Phi) is 7.47. The Balaban J connectivity index is 1.65. The summed E-state index contributed by atoms with van der Waals surface area (Å²) >= 11 is 14.5. The summed E-state index contributed by atoms with van der Waals surface area (Å²) in [5.41, 5.74) is 0.280. The molecule has 1 aliphatic rings. The van der Waals surface area contributed by atoms with Crippen molar-refractivity contribution < 1.29 is 22.7 Å². The van der Waals surface area contributed by atoms with Gasteiger partial charge in [0.2, 0.25) is 10.0 Å². The lowest BCUT2D eigenvalue weighted by Gasteiger charge is -2.25. The summed E-state index contributed by atoms with van der Waals surface area (Å²) in [6.45, 7) is 0.180. The minimum absolute atomic E-state index is 0.0585. The molecule has 29 heavy (non-hydrogen) atoms. The van der Waals surface area contributed by atoms with E-state index in [4.69, 9.17) is 27.9 Å². The van der Waals surface area contributed by atoms with Gasteiger partial charge in [0.25, 0.3) is 5.91 Å². The number of thiophene rings is 1. The van der Waals surface area contributed by atoms with Crippen molar-refractivity contribution in [3.8, 4) is 0 Å². The van der Waals surface area contributed by atoms with E-state index >= 15 is 0 Å². The molecule has 0 saturated carbocycles. The highest BCUT2D eigenvalue weighted by Gasteiger charge is 2.31. The zero-order valence-electron chi connectivity index (χ0n) is 14.9. The van der Waals surface area contributed by atoms with Crippen molar-refractivity contribution >= 4 is 73.9 Å². The first-order valence-electron chi connectivity index (χ1n) is 8.37. The Labute approximate surface area is 186 Å². The van der Waals surface area contributed by atoms with Crippen LogP contribution in [-0.4, -0.2) is 55.8 Å². The first kappa shape index (κ1) is 22.4. The van der Waals surface area contributed by atoms with Gasteiger partial charge in [0.05, 0.1) is 15.7 Å². The van der Waals surface area contributed by atoms with Gasteiger partial charge in [-0.25, -0.2) is 13.2 Å². The van der Waals surface area contributed by atoms with Crippen LogP contribution in [0.3, 0.4) is 0 Å². The Morgan fingerprint density at radius 2 is 1.90 bits per heavy atom. The number of thioether (sulfide) groups is 1. The van der Waals surface area contributed by atoms with Crippen molar-refractivity contribution in [2.45, 2.75) is 4.90 Å². The molecule has 1 saturated heterocycles. The van der Waals surface area contributed by atoms with Crippen LogP contribution in [0, 0.1) is 0 Å². The minimum Gasteiger partial charge on any atom is -0.451 e. The third-order valence-electron chi connectivity index (χ3n) is 3.96. The first-order chi connectivity index (χ1) is 13.8. The molecule has 1 fully saturated rings. The normalized spacial score (nSPS) is 15.1. The quantitative estimate of drug-likeness (QED) is 0.616. The van der Waals surface area contributed by atoms with E-state index < -0.39 is 28.5 Å². The van der Waals surface area contributed by atoms with Crippen LogP contribution in [-0.2, 0) is 19.6 Å². The first-order valence-corrected chi connectivity index (χ1v) is 12.6. The summed E-state index contributed by atoms with van der Waals surface area (Å²) < 4.78 is 32.0. The van der Waals surface area contributed by atoms with Gasteiger partial charge in [-0.05, 0) is 23.6 Å². The second-order valence-electron chi connectivity index (χ2n) is 5.86. The van der Waals surface area contributed by atoms with Gasteiger partial charge in [0, 0.05) is 24.6 Å². The molecule has 1 aromatic carbocycles. The van der Waals surface area contributed by atoms with E-state index in [1.54, 1.807) is 30.0 Å². The predicted octanol–water partition coefficient (Wildman–Crippen LogP) is 3.59. The van der Waals surface area contributed by atoms with Gasteiger partial charge in [0.15, 0.2) is 6.61 Å². The van der Waals surface area contributed by atoms with Crippen LogP contribution in [0.25, 0.3) is 0 Å². The number of halogens is 2. The Hall–Kier alpha value is -1.30. The number of carbonyl (C=O) groups is 2. The van der Waals surface area contributed by atoms with Gasteiger partial charge in [-0.1, -0.05) is 29.3 Å². The van der Waals surface area contributed by atoms with Gasteiger partial charge in [-0.15, -0.1) is 11.3 Å². The average Bonchev–Trinajstić information content (AvgIpc) is 3.21. The van der Waals surface area contributed by atoms with E-state index in [2.05, 4.69) is 5.32 Å². The second kappa shape index (κ2) is 9.67. The molecule has 0 aliphatic carbocycles. The maximum absolute atomic E-state index is 12.8. The van der Waals surface area contributed by atoms with Crippen molar-refractivity contribution in [1.82, 2.24) is 4.31 Å². The fourth-order valence-corrected chi connectivity index (χ4v) is 6.77. The van der Waals surface area contributed by atoms with Crippen LogP contribution in [0.1, 0.15) is 9.67 Å². The van der Waals surface area contributed by atoms with Crippen molar-refractivity contribution in [2.24, 2.45) is 0 Å². The molecule has 1 N–H and O–H groups in total. The highest BCUT2D eigenvalue weighted by molar-refractivity contribution is 7.99. The molecule has 1 aliphatic heterocycles. The van der Waals surface area contributed by atoms with Crippen LogP contribution < -0.4 is 5.32 Å². The number of carbonyl (C=O) groups excluding carboxylic acids is 2. The monoisotopic (exact) mass is 494 g/mol. The van der Waals surface area contributed by atoms with Crippen molar-refractivity contribution in [2.75, 3.05) is 36.5 Å². The Morgan fingerprint density at radius 1 is 1.17 bits per heavy atom. The topological polar surface area (TPSA) is 92.8 Å². The number of sulfonamides is 1. The molecule has 12 heteroatoms. The largest absolute Gasteiger partial charge is 0.451 e. The zero-order chi connectivity index (χ0) is 21.0. The van der Waals surface area contributed by atoms with Crippen LogP contribution in [0.15, 0.2) is 34.5 Å². The second-order valence-corrected chi connectivity index (χ2v) is 10.7. The maximum Gasteiger partial charge on any atom is 0.350 e. The smallest absolute Gasteiger partial charge is 0.350 e. The summed E-state index contributed by atoms with van der Waals surface area (Å²) in [6.07, 6.45) is 0. The molecule has 156 valence electrons. The number of amides is 1. The SMILES string of the molecule is O=C(COC(=O)c1sccc1S(=O)(=O)N1CCSCC1)Nc1cccc(Cl)c1Cl. The number of nitrogens with zero attached hydrogens (tertiary/aromatic N) is 1. The summed E-state index contributed by atoms with van der Waals surface area (Å²) in [7, 11) is -3.79. The summed E-state index contributed by atoms with van der Waals surface area (Å²) in [4.78, 5) is 24.3. The van der Waals surface area contributed by atoms with E-state index in [0.717, 1.165) is 11.3 Å². The van der Waals surface area contributed by atoms with Crippen molar-refractivity contribution in [3.05, 3.63) is 44.6 Å². The molecule has 0 radical (unpaired) electrons. The van der Waals surface area contributed by atoms with Crippen LogP contribution in [0.5, 0.6) is 0 Å². The van der Waals surface area contributed by atoms with Gasteiger partial charge in [0.1, 0.15) is 9.77 Å². The molecule has 2 aromatic rings. The molecule has 0 atom stereocenters. The van der Waals surface area contributed by atoms with Crippen LogP contribution in [0.4, 0.5) is 5.69 Å². The molecule has 0 bridgehead atoms. The minimum atomic E-state index is -3.79. The van der Waals surface area contributed by atoms with Gasteiger partial charge < -0.3 is 10.1 Å². The highest BCUT2D eigenvalue weighted by atomic mass is 35.5. The zero-order valence-corrected chi connectivity index (χ0v) is 18.9. The predicted molar refractivity (Wildman–Crippen MR) is 116 cm³/mol. The van der Waals surface area contributed by atoms with Crippen molar-refractivity contribution in [1.29, 1.82) is 0 Å². The lowest BCUT2D eigenvalue weighted by atomic mass is 10.3. The van der Waals surface area contributed by atoms with E-state index in [1.165, 1.54) is 15.8 Å². The standard InChI is InChI=1S/C17H16Cl2N2O5S3/c18-11-2-1-3-12(15(11)19)20-14(22)10-26-17(23)16-13(4-7-28-16)29(24,25)21-5-8-27-9-6-21/h1-4,7H,5-6,8-10H2,(H,20,22). The third kappa shape index (κ3) is 5.25. The van der Waals surface area contributed by atoms with Crippen molar-refractivity contribution in [3.63, 3.8) is 0 Å². The van der Waals surface area contributed by atoms with Crippen LogP contribution in [0.2, 0.25) is 10.0 Å². The number of benzene rings is 1. The van der Waals surface area contributed by atoms with Gasteiger partial charge >= 0.3 is 5.97 Å². The summed E-state index contributed by atoms with van der Waals surface area (Å²) in [5.74, 6) is -0.0982. The number of rotatable bonds is 6. The Bertz CT molecular complexity index is 1020. The number of hydrogen-bond donors (Lipinski definition) is 1. The molecule has 2 heterocycles. The number of esters is 1. The number of nitrogens with one attached hydrogen (secondary N) is 1. The number of hydrogen-bond acceptors (Lipinski definition) is 7. The summed E-state index contributed by atoms with van der Waals surface area (Å²) in [6, 6.07) is 6.11. The van der Waals surface area contributed by atoms with Gasteiger partial charge in [-0.3, -0.25) is 4.79 Å². The number of anilines is 1. The lowest BCUT2D eigenvalue weighted by Crippen LogP contribution is -2.38. The lowest BCUT2D eigenvalue weighted by molar-refractivity contribution is -0.119. The van der Waals surface area contributed by atoms with E-state index in [1.807, 2.05) is 0 Å². The molecule has 7 nitrogen and oxygen atoms in total. The molecular formula is C17H16Cl2N2O5S3. The van der Waals surface area contributed by atoms with E-state index in [0.29, 0.717) is 24.6 Å². The van der Waals surface area contributed by atoms with E-state index in [9.17, 15) is 18.0 Å². The highest BCUT2D eigenvalue weighted by Crippen LogP contribution is 2.30. The fourth-order valence-electron chi connectivity index (χ4n) is 2.56. The van der Waals surface area contributed by atoms with E-state index in [-0.39, 0.29) is 25.5 Å².